The monoisotopic (exact) mass is 305 g/mol. The number of carbonyl (C=O) groups is 2. The van der Waals surface area contributed by atoms with Crippen LogP contribution in [0.5, 0.6) is 0 Å². The lowest BCUT2D eigenvalue weighted by Gasteiger charge is -2.28. The molecule has 0 fully saturated rings. The Labute approximate surface area is 133 Å². The van der Waals surface area contributed by atoms with Crippen molar-refractivity contribution >= 4 is 11.9 Å². The maximum absolute atomic E-state index is 12.0. The third-order valence-electron chi connectivity index (χ3n) is 3.18. The van der Waals surface area contributed by atoms with Gasteiger partial charge in [0.15, 0.2) is 0 Å². The predicted octanol–water partition coefficient (Wildman–Crippen LogP) is 4.05. The summed E-state index contributed by atoms with van der Waals surface area (Å²) < 4.78 is 5.40. The first-order valence-corrected chi connectivity index (χ1v) is 7.96. The molecule has 0 spiro atoms. The average molecular weight is 305 g/mol. The van der Waals surface area contributed by atoms with Gasteiger partial charge in [0.2, 0.25) is 5.78 Å². The molecule has 1 amide bonds. The summed E-state index contributed by atoms with van der Waals surface area (Å²) in [6.07, 6.45) is 7.43. The van der Waals surface area contributed by atoms with Crippen molar-refractivity contribution in [2.24, 2.45) is 0 Å². The minimum Gasteiger partial charge on any atom is -0.443 e. The highest BCUT2D eigenvalue weighted by Gasteiger charge is 2.22. The first kappa shape index (κ1) is 18.3. The molecule has 0 aromatic carbocycles. The molecule has 122 valence electrons. The minimum absolute atomic E-state index is 0.0806. The van der Waals surface area contributed by atoms with Crippen LogP contribution in [-0.4, -0.2) is 28.9 Å². The van der Waals surface area contributed by atoms with Crippen LogP contribution in [0.1, 0.15) is 66.2 Å². The molecule has 0 radical (unpaired) electrons. The Morgan fingerprint density at radius 1 is 1.32 bits per heavy atom. The van der Waals surface area contributed by atoms with Gasteiger partial charge in [0.05, 0.1) is 0 Å². The van der Waals surface area contributed by atoms with Crippen LogP contribution in [0.2, 0.25) is 0 Å². The first-order chi connectivity index (χ1) is 10.3. The van der Waals surface area contributed by atoms with Gasteiger partial charge in [-0.15, -0.1) is 0 Å². The van der Waals surface area contributed by atoms with Crippen LogP contribution in [0.4, 0.5) is 4.79 Å². The predicted molar refractivity (Wildman–Crippen MR) is 87.2 cm³/mol. The molecule has 0 aromatic rings. The van der Waals surface area contributed by atoms with Crippen LogP contribution >= 0.6 is 0 Å². The van der Waals surface area contributed by atoms with Gasteiger partial charge in [-0.1, -0.05) is 11.5 Å². The third-order valence-corrected chi connectivity index (χ3v) is 3.18. The van der Waals surface area contributed by atoms with E-state index in [4.69, 9.17) is 4.74 Å². The van der Waals surface area contributed by atoms with Gasteiger partial charge in [-0.3, -0.25) is 9.69 Å². The maximum atomic E-state index is 12.0. The van der Waals surface area contributed by atoms with Gasteiger partial charge in [-0.05, 0) is 58.8 Å². The molecule has 0 saturated heterocycles. The van der Waals surface area contributed by atoms with Gasteiger partial charge in [0.1, 0.15) is 5.60 Å². The van der Waals surface area contributed by atoms with E-state index in [2.05, 4.69) is 11.8 Å². The minimum atomic E-state index is -0.460. The van der Waals surface area contributed by atoms with Crippen molar-refractivity contribution < 1.29 is 14.3 Å². The Kier molecular flexibility index (Phi) is 7.17. The average Bonchev–Trinajstić information content (AvgIpc) is 2.41. The molecule has 4 nitrogen and oxygen atoms in total. The zero-order chi connectivity index (χ0) is 16.6. The number of ketones is 1. The van der Waals surface area contributed by atoms with Crippen molar-refractivity contribution in [3.63, 3.8) is 0 Å². The second-order valence-corrected chi connectivity index (χ2v) is 6.63. The van der Waals surface area contributed by atoms with Crippen molar-refractivity contribution in [2.75, 3.05) is 6.54 Å². The standard InChI is InChI=1S/C18H27NO3/c1-15(20)10-7-5-6-8-11-16-12-9-13-19(14-16)17(21)22-18(2,3)4/h14H,5-6,8-9,11-13H2,1-4H3. The fourth-order valence-electron chi connectivity index (χ4n) is 2.23. The van der Waals surface area contributed by atoms with E-state index < -0.39 is 5.60 Å². The second-order valence-electron chi connectivity index (χ2n) is 6.63. The molecule has 22 heavy (non-hydrogen) atoms. The van der Waals surface area contributed by atoms with Crippen molar-refractivity contribution in [1.29, 1.82) is 0 Å². The summed E-state index contributed by atoms with van der Waals surface area (Å²) in [5.41, 5.74) is 0.828. The fourth-order valence-corrected chi connectivity index (χ4v) is 2.23. The van der Waals surface area contributed by atoms with Gasteiger partial charge >= 0.3 is 6.09 Å². The van der Waals surface area contributed by atoms with Crippen LogP contribution in [0.25, 0.3) is 0 Å². The van der Waals surface area contributed by atoms with Crippen molar-refractivity contribution in [3.05, 3.63) is 11.8 Å². The molecular formula is C18H27NO3. The Morgan fingerprint density at radius 3 is 2.68 bits per heavy atom. The number of carbonyl (C=O) groups excluding carboxylic acids is 2. The van der Waals surface area contributed by atoms with Gasteiger partial charge in [0.25, 0.3) is 0 Å². The molecule has 4 heteroatoms. The number of Topliss-reactive ketones (excluding diaryl/α,β-unsaturated/α-hetero) is 1. The lowest BCUT2D eigenvalue weighted by molar-refractivity contribution is -0.111. The second kappa shape index (κ2) is 8.63. The lowest BCUT2D eigenvalue weighted by Crippen LogP contribution is -2.35. The van der Waals surface area contributed by atoms with E-state index in [1.807, 2.05) is 27.0 Å². The highest BCUT2D eigenvalue weighted by Crippen LogP contribution is 2.22. The van der Waals surface area contributed by atoms with E-state index in [1.165, 1.54) is 12.5 Å². The molecule has 1 aliphatic rings. The quantitative estimate of drug-likeness (QED) is 0.447. The molecular weight excluding hydrogens is 278 g/mol. The number of allylic oxidation sites excluding steroid dienone is 1. The van der Waals surface area contributed by atoms with Gasteiger partial charge in [0, 0.05) is 26.1 Å². The summed E-state index contributed by atoms with van der Waals surface area (Å²) >= 11 is 0. The fraction of sp³-hybridized carbons (Fsp3) is 0.667. The topological polar surface area (TPSA) is 46.6 Å². The first-order valence-electron chi connectivity index (χ1n) is 7.96. The molecule has 1 aliphatic heterocycles. The summed E-state index contributed by atoms with van der Waals surface area (Å²) in [5, 5.41) is 0. The van der Waals surface area contributed by atoms with E-state index in [0.29, 0.717) is 0 Å². The number of ether oxygens (including phenoxy) is 1. The molecule has 0 saturated carbocycles. The molecule has 0 unspecified atom stereocenters. The van der Waals surface area contributed by atoms with E-state index in [-0.39, 0.29) is 11.9 Å². The Balaban J connectivity index is 2.39. The Hall–Kier alpha value is -1.76. The summed E-state index contributed by atoms with van der Waals surface area (Å²) in [4.78, 5) is 24.4. The largest absolute Gasteiger partial charge is 0.443 e. The number of hydrogen-bond donors (Lipinski definition) is 0. The van der Waals surface area contributed by atoms with Gasteiger partial charge in [-0.2, -0.15) is 0 Å². The van der Waals surface area contributed by atoms with Crippen LogP contribution in [0, 0.1) is 11.8 Å². The van der Waals surface area contributed by atoms with E-state index in [0.717, 1.165) is 45.1 Å². The van der Waals surface area contributed by atoms with Gasteiger partial charge < -0.3 is 4.74 Å². The summed E-state index contributed by atoms with van der Waals surface area (Å²) in [6.45, 7) is 7.83. The molecule has 0 aliphatic carbocycles. The third kappa shape index (κ3) is 7.87. The summed E-state index contributed by atoms with van der Waals surface area (Å²) in [7, 11) is 0. The molecule has 1 rings (SSSR count). The SMILES string of the molecule is CC(=O)C#CCCCCC1=CN(C(=O)OC(C)(C)C)CCC1. The Morgan fingerprint density at radius 2 is 2.05 bits per heavy atom. The zero-order valence-electron chi connectivity index (χ0n) is 14.2. The maximum Gasteiger partial charge on any atom is 0.414 e. The number of amides is 1. The van der Waals surface area contributed by atoms with Crippen LogP contribution in [-0.2, 0) is 9.53 Å². The smallest absolute Gasteiger partial charge is 0.414 e. The number of nitrogens with zero attached hydrogens (tertiary/aromatic N) is 1. The highest BCUT2D eigenvalue weighted by atomic mass is 16.6. The van der Waals surface area contributed by atoms with Crippen molar-refractivity contribution in [3.8, 4) is 11.8 Å². The van der Waals surface area contributed by atoms with E-state index >= 15 is 0 Å². The van der Waals surface area contributed by atoms with Crippen LogP contribution < -0.4 is 0 Å². The molecule has 1 heterocycles. The normalized spacial score (nSPS) is 14.7. The molecule has 0 bridgehead atoms. The number of hydrogen-bond acceptors (Lipinski definition) is 3. The molecule has 0 N–H and O–H groups in total. The highest BCUT2D eigenvalue weighted by molar-refractivity contribution is 5.93. The number of rotatable bonds is 4. The lowest BCUT2D eigenvalue weighted by atomic mass is 10.0. The van der Waals surface area contributed by atoms with Crippen LogP contribution in [0.3, 0.4) is 0 Å². The van der Waals surface area contributed by atoms with Crippen molar-refractivity contribution in [1.82, 2.24) is 4.90 Å². The van der Waals surface area contributed by atoms with Crippen LogP contribution in [0.15, 0.2) is 11.8 Å². The van der Waals surface area contributed by atoms with Crippen molar-refractivity contribution in [2.45, 2.75) is 71.8 Å². The Bertz CT molecular complexity index is 489. The van der Waals surface area contributed by atoms with Gasteiger partial charge in [-0.25, -0.2) is 4.79 Å². The molecule has 0 aromatic heterocycles. The summed E-state index contributed by atoms with van der Waals surface area (Å²) in [5.74, 6) is 5.35. The van der Waals surface area contributed by atoms with E-state index in [9.17, 15) is 9.59 Å². The summed E-state index contributed by atoms with van der Waals surface area (Å²) in [6, 6.07) is 0. The van der Waals surface area contributed by atoms with E-state index in [1.54, 1.807) is 4.90 Å². The zero-order valence-corrected chi connectivity index (χ0v) is 14.2. The molecule has 0 atom stereocenters. The number of unbranched alkanes of at least 4 members (excludes halogenated alkanes) is 2.